The van der Waals surface area contributed by atoms with Crippen LogP contribution < -0.4 is 10.1 Å². The normalized spacial score (nSPS) is 23.3. The molecule has 9 nitrogen and oxygen atoms in total. The summed E-state index contributed by atoms with van der Waals surface area (Å²) in [4.78, 5) is 37.6. The molecule has 33 heavy (non-hydrogen) atoms. The SMILES string of the molecule is C=CC(=O)N1CCC(Oc2cnc3[nH]cc(C(=O)NC[C@@]4(O)CCCC(F)(F)C4)c3n2)CC1. The third-order valence-corrected chi connectivity index (χ3v) is 6.17. The molecule has 178 valence electrons. The van der Waals surface area contributed by atoms with E-state index in [1.165, 1.54) is 18.5 Å². The van der Waals surface area contributed by atoms with Gasteiger partial charge in [-0.2, -0.15) is 0 Å². The lowest BCUT2D eigenvalue weighted by atomic mass is 9.82. The van der Waals surface area contributed by atoms with E-state index in [9.17, 15) is 23.5 Å². The smallest absolute Gasteiger partial charge is 0.255 e. The molecule has 2 aliphatic rings. The van der Waals surface area contributed by atoms with E-state index in [1.807, 2.05) is 0 Å². The molecule has 1 aliphatic heterocycles. The zero-order valence-corrected chi connectivity index (χ0v) is 18.1. The van der Waals surface area contributed by atoms with E-state index in [0.717, 1.165) is 0 Å². The number of piperidine rings is 1. The Morgan fingerprint density at radius 3 is 2.82 bits per heavy atom. The van der Waals surface area contributed by atoms with Crippen LogP contribution >= 0.6 is 0 Å². The number of carbonyl (C=O) groups excluding carboxylic acids is 2. The van der Waals surface area contributed by atoms with Crippen LogP contribution in [-0.4, -0.2) is 74.0 Å². The molecule has 3 N–H and O–H groups in total. The Morgan fingerprint density at radius 1 is 1.36 bits per heavy atom. The number of likely N-dealkylation sites (tertiary alicyclic amines) is 1. The number of fused-ring (bicyclic) bond motifs is 1. The number of nitrogens with one attached hydrogen (secondary N) is 2. The first-order chi connectivity index (χ1) is 15.7. The number of hydrogen-bond acceptors (Lipinski definition) is 6. The van der Waals surface area contributed by atoms with Crippen molar-refractivity contribution in [3.05, 3.63) is 30.6 Å². The lowest BCUT2D eigenvalue weighted by Gasteiger charge is -2.36. The van der Waals surface area contributed by atoms with Crippen LogP contribution in [0.2, 0.25) is 0 Å². The van der Waals surface area contributed by atoms with Gasteiger partial charge in [0, 0.05) is 51.5 Å². The first-order valence-electron chi connectivity index (χ1n) is 11.0. The van der Waals surface area contributed by atoms with Crippen molar-refractivity contribution < 1.29 is 28.2 Å². The lowest BCUT2D eigenvalue weighted by molar-refractivity contribution is -0.127. The molecule has 2 aromatic heterocycles. The number of aromatic nitrogens is 3. The standard InChI is InChI=1S/C22H27F2N5O4/c1-2-17(30)29-8-4-14(5-9-29)33-16-11-26-19-18(28-16)15(10-25-19)20(31)27-13-21(32)6-3-7-22(23,24)12-21/h2,10-11,14,32H,1,3-9,12-13H2,(H,25,26)(H,27,31)/t21-/m1/s1. The maximum absolute atomic E-state index is 13.7. The minimum atomic E-state index is -2.94. The number of aromatic amines is 1. The van der Waals surface area contributed by atoms with Gasteiger partial charge >= 0.3 is 0 Å². The molecule has 1 saturated carbocycles. The molecule has 3 heterocycles. The van der Waals surface area contributed by atoms with Crippen LogP contribution in [0.4, 0.5) is 8.78 Å². The second-order valence-electron chi connectivity index (χ2n) is 8.75. The van der Waals surface area contributed by atoms with E-state index in [4.69, 9.17) is 4.74 Å². The molecule has 0 bridgehead atoms. The molecule has 1 aliphatic carbocycles. The van der Waals surface area contributed by atoms with Crippen molar-refractivity contribution >= 4 is 23.0 Å². The van der Waals surface area contributed by atoms with E-state index in [0.29, 0.717) is 31.6 Å². The third-order valence-electron chi connectivity index (χ3n) is 6.17. The van der Waals surface area contributed by atoms with Gasteiger partial charge in [-0.25, -0.2) is 18.7 Å². The van der Waals surface area contributed by atoms with Gasteiger partial charge in [-0.05, 0) is 18.9 Å². The summed E-state index contributed by atoms with van der Waals surface area (Å²) in [6, 6.07) is 0. The highest BCUT2D eigenvalue weighted by Crippen LogP contribution is 2.38. The van der Waals surface area contributed by atoms with Crippen LogP contribution in [0.3, 0.4) is 0 Å². The topological polar surface area (TPSA) is 120 Å². The Kier molecular flexibility index (Phi) is 6.33. The number of alkyl halides is 2. The van der Waals surface area contributed by atoms with Gasteiger partial charge in [0.25, 0.3) is 11.8 Å². The highest BCUT2D eigenvalue weighted by Gasteiger charge is 2.44. The fourth-order valence-electron chi connectivity index (χ4n) is 4.42. The summed E-state index contributed by atoms with van der Waals surface area (Å²) in [6.07, 6.45) is 4.74. The predicted molar refractivity (Wildman–Crippen MR) is 115 cm³/mol. The van der Waals surface area contributed by atoms with Gasteiger partial charge in [0.2, 0.25) is 11.8 Å². The Balaban J connectivity index is 1.40. The van der Waals surface area contributed by atoms with Crippen molar-refractivity contribution in [2.24, 2.45) is 0 Å². The van der Waals surface area contributed by atoms with Crippen LogP contribution in [0, 0.1) is 0 Å². The van der Waals surface area contributed by atoms with E-state index in [2.05, 4.69) is 26.8 Å². The molecule has 4 rings (SSSR count). The summed E-state index contributed by atoms with van der Waals surface area (Å²) in [5, 5.41) is 13.0. The molecule has 2 fully saturated rings. The van der Waals surface area contributed by atoms with Crippen LogP contribution in [0.5, 0.6) is 5.88 Å². The average molecular weight is 463 g/mol. The van der Waals surface area contributed by atoms with Gasteiger partial charge in [-0.1, -0.05) is 6.58 Å². The quantitative estimate of drug-likeness (QED) is 0.565. The largest absolute Gasteiger partial charge is 0.473 e. The van der Waals surface area contributed by atoms with Crippen LogP contribution in [0.15, 0.2) is 25.0 Å². The molecular formula is C22H27F2N5O4. The zero-order chi connectivity index (χ0) is 23.6. The number of rotatable bonds is 6. The number of amides is 2. The maximum Gasteiger partial charge on any atom is 0.255 e. The molecule has 0 unspecified atom stereocenters. The summed E-state index contributed by atoms with van der Waals surface area (Å²) < 4.78 is 33.3. The van der Waals surface area contributed by atoms with Crippen LogP contribution in [-0.2, 0) is 4.79 Å². The van der Waals surface area contributed by atoms with Crippen molar-refractivity contribution in [3.63, 3.8) is 0 Å². The average Bonchev–Trinajstić information content (AvgIpc) is 3.20. The van der Waals surface area contributed by atoms with E-state index in [-0.39, 0.29) is 54.8 Å². The molecular weight excluding hydrogens is 436 g/mol. The van der Waals surface area contributed by atoms with Crippen molar-refractivity contribution in [3.8, 4) is 5.88 Å². The Labute approximate surface area is 189 Å². The number of hydrogen-bond donors (Lipinski definition) is 3. The van der Waals surface area contributed by atoms with Crippen LogP contribution in [0.25, 0.3) is 11.2 Å². The molecule has 0 aromatic carbocycles. The summed E-state index contributed by atoms with van der Waals surface area (Å²) in [6.45, 7) is 4.31. The minimum Gasteiger partial charge on any atom is -0.473 e. The van der Waals surface area contributed by atoms with Gasteiger partial charge in [-0.3, -0.25) is 9.59 Å². The maximum atomic E-state index is 13.7. The summed E-state index contributed by atoms with van der Waals surface area (Å²) in [5.41, 5.74) is -0.807. The lowest BCUT2D eigenvalue weighted by Crippen LogP contribution is -2.49. The molecule has 11 heteroatoms. The van der Waals surface area contributed by atoms with Gasteiger partial charge in [0.1, 0.15) is 11.6 Å². The molecule has 0 spiro atoms. The van der Waals surface area contributed by atoms with Crippen molar-refractivity contribution in [2.45, 2.75) is 56.2 Å². The number of ether oxygens (including phenoxy) is 1. The number of carbonyl (C=O) groups is 2. The first-order valence-corrected chi connectivity index (χ1v) is 11.0. The number of H-pyrrole nitrogens is 1. The summed E-state index contributed by atoms with van der Waals surface area (Å²) in [7, 11) is 0. The second-order valence-corrected chi connectivity index (χ2v) is 8.75. The minimum absolute atomic E-state index is 0.112. The molecule has 2 aromatic rings. The number of nitrogens with zero attached hydrogens (tertiary/aromatic N) is 3. The summed E-state index contributed by atoms with van der Waals surface area (Å²) in [5.74, 6) is -3.36. The van der Waals surface area contributed by atoms with E-state index < -0.39 is 23.9 Å². The third kappa shape index (κ3) is 5.29. The number of halogens is 2. The van der Waals surface area contributed by atoms with E-state index >= 15 is 0 Å². The molecule has 0 radical (unpaired) electrons. The Morgan fingerprint density at radius 2 is 2.12 bits per heavy atom. The van der Waals surface area contributed by atoms with Gasteiger partial charge in [0.15, 0.2) is 5.65 Å². The van der Waals surface area contributed by atoms with Gasteiger partial charge in [0.05, 0.1) is 17.4 Å². The van der Waals surface area contributed by atoms with Crippen molar-refractivity contribution in [1.82, 2.24) is 25.2 Å². The molecule has 1 atom stereocenters. The predicted octanol–water partition coefficient (Wildman–Crippen LogP) is 2.18. The highest BCUT2D eigenvalue weighted by atomic mass is 19.3. The zero-order valence-electron chi connectivity index (χ0n) is 18.1. The van der Waals surface area contributed by atoms with E-state index in [1.54, 1.807) is 4.90 Å². The first kappa shape index (κ1) is 23.1. The second kappa shape index (κ2) is 9.05. The molecule has 1 saturated heterocycles. The summed E-state index contributed by atoms with van der Waals surface area (Å²) >= 11 is 0. The fourth-order valence-corrected chi connectivity index (χ4v) is 4.42. The van der Waals surface area contributed by atoms with Crippen LogP contribution in [0.1, 0.15) is 48.9 Å². The van der Waals surface area contributed by atoms with Crippen molar-refractivity contribution in [2.75, 3.05) is 19.6 Å². The number of aliphatic hydroxyl groups is 1. The fraction of sp³-hybridized carbons (Fsp3) is 0.545. The highest BCUT2D eigenvalue weighted by molar-refractivity contribution is 6.04. The Hall–Kier alpha value is -3.08. The Bertz CT molecular complexity index is 1050. The van der Waals surface area contributed by atoms with Gasteiger partial charge < -0.3 is 25.0 Å². The van der Waals surface area contributed by atoms with Gasteiger partial charge in [-0.15, -0.1) is 0 Å². The molecule has 2 amide bonds. The van der Waals surface area contributed by atoms with Crippen molar-refractivity contribution in [1.29, 1.82) is 0 Å². The monoisotopic (exact) mass is 463 g/mol.